The predicted molar refractivity (Wildman–Crippen MR) is 104 cm³/mol. The third-order valence-corrected chi connectivity index (χ3v) is 5.85. The summed E-state index contributed by atoms with van der Waals surface area (Å²) in [6.45, 7) is 9.05. The van der Waals surface area contributed by atoms with Crippen LogP contribution in [0.25, 0.3) is 0 Å². The summed E-state index contributed by atoms with van der Waals surface area (Å²) in [6, 6.07) is 0. The first kappa shape index (κ1) is 20.1. The molecule has 0 spiro atoms. The van der Waals surface area contributed by atoms with Crippen LogP contribution in [-0.2, 0) is 27.2 Å². The molecule has 1 aliphatic carbocycles. The average molecular weight is 396 g/mol. The van der Waals surface area contributed by atoms with E-state index in [4.69, 9.17) is 9.47 Å². The molecule has 1 fully saturated rings. The first-order valence-corrected chi connectivity index (χ1v) is 10.5. The van der Waals surface area contributed by atoms with Crippen LogP contribution >= 0.6 is 11.3 Å². The average Bonchev–Trinajstić information content (AvgIpc) is 3.19. The van der Waals surface area contributed by atoms with Crippen molar-refractivity contribution in [2.24, 2.45) is 0 Å². The van der Waals surface area contributed by atoms with Crippen molar-refractivity contribution in [1.82, 2.24) is 9.88 Å². The van der Waals surface area contributed by atoms with Gasteiger partial charge < -0.3 is 14.4 Å². The first-order chi connectivity index (χ1) is 12.7. The quantitative estimate of drug-likeness (QED) is 0.840. The molecule has 7 nitrogen and oxygen atoms in total. The summed E-state index contributed by atoms with van der Waals surface area (Å²) in [5.74, 6) is -0.100. The summed E-state index contributed by atoms with van der Waals surface area (Å²) in [5.41, 5.74) is -0.283. The molecule has 0 unspecified atom stereocenters. The van der Waals surface area contributed by atoms with Gasteiger partial charge in [-0.05, 0) is 53.4 Å². The molecule has 1 aromatic heterocycles. The van der Waals surface area contributed by atoms with Crippen LogP contribution in [0.1, 0.15) is 63.9 Å². The van der Waals surface area contributed by atoms with Crippen molar-refractivity contribution in [2.75, 3.05) is 18.5 Å². The van der Waals surface area contributed by atoms with Gasteiger partial charge >= 0.3 is 6.09 Å². The summed E-state index contributed by atoms with van der Waals surface area (Å²) in [6.07, 6.45) is 3.87. The van der Waals surface area contributed by atoms with Gasteiger partial charge in [-0.25, -0.2) is 9.78 Å². The number of carbonyl (C=O) groups excluding carboxylic acids is 2. The number of carbonyl (C=O) groups is 2. The lowest BCUT2D eigenvalue weighted by molar-refractivity contribution is -0.140. The standard InChI is InChI=1S/C19H29N3O4S/c1-5-25-19(9-6-7-10-19)15(23)21-16-20-13-8-11-22(12-14(13)27-16)17(24)26-18(2,3)4/h5-12H2,1-4H3,(H,20,21,23). The van der Waals surface area contributed by atoms with Crippen molar-refractivity contribution in [1.29, 1.82) is 0 Å². The minimum absolute atomic E-state index is 0.100. The maximum Gasteiger partial charge on any atom is 0.410 e. The zero-order valence-corrected chi connectivity index (χ0v) is 17.4. The Morgan fingerprint density at radius 3 is 2.63 bits per heavy atom. The molecule has 1 saturated carbocycles. The molecule has 150 valence electrons. The van der Waals surface area contributed by atoms with Gasteiger partial charge in [-0.1, -0.05) is 11.3 Å². The lowest BCUT2D eigenvalue weighted by atomic mass is 10.0. The molecule has 1 aromatic rings. The summed E-state index contributed by atoms with van der Waals surface area (Å²) < 4.78 is 11.3. The lowest BCUT2D eigenvalue weighted by Crippen LogP contribution is -2.43. The predicted octanol–water partition coefficient (Wildman–Crippen LogP) is 3.72. The van der Waals surface area contributed by atoms with Crippen molar-refractivity contribution in [3.8, 4) is 0 Å². The Hall–Kier alpha value is -1.67. The van der Waals surface area contributed by atoms with Crippen LogP contribution in [0, 0.1) is 0 Å². The Kier molecular flexibility index (Phi) is 5.76. The third-order valence-electron chi connectivity index (χ3n) is 4.85. The van der Waals surface area contributed by atoms with Crippen LogP contribution in [0.5, 0.6) is 0 Å². The molecule has 0 aromatic carbocycles. The Balaban J connectivity index is 1.66. The Morgan fingerprint density at radius 2 is 2.00 bits per heavy atom. The number of fused-ring (bicyclic) bond motifs is 1. The summed E-state index contributed by atoms with van der Waals surface area (Å²) in [5, 5.41) is 3.54. The number of ether oxygens (including phenoxy) is 2. The van der Waals surface area contributed by atoms with Crippen molar-refractivity contribution < 1.29 is 19.1 Å². The molecule has 0 bridgehead atoms. The highest BCUT2D eigenvalue weighted by molar-refractivity contribution is 7.15. The fraction of sp³-hybridized carbons (Fsp3) is 0.737. The van der Waals surface area contributed by atoms with E-state index in [0.29, 0.717) is 31.2 Å². The molecule has 1 aliphatic heterocycles. The molecule has 2 heterocycles. The van der Waals surface area contributed by atoms with Gasteiger partial charge in [-0.15, -0.1) is 0 Å². The maximum absolute atomic E-state index is 12.8. The second-order valence-corrected chi connectivity index (χ2v) is 9.21. The van der Waals surface area contributed by atoms with Crippen LogP contribution in [-0.4, -0.2) is 46.2 Å². The van der Waals surface area contributed by atoms with Crippen molar-refractivity contribution in [3.63, 3.8) is 0 Å². The van der Waals surface area contributed by atoms with Gasteiger partial charge in [-0.2, -0.15) is 0 Å². The SMILES string of the molecule is CCOC1(C(=O)Nc2nc3c(s2)CN(C(=O)OC(C)(C)C)CC3)CCCC1. The van der Waals surface area contributed by atoms with Gasteiger partial charge in [0.25, 0.3) is 5.91 Å². The van der Waals surface area contributed by atoms with E-state index in [1.54, 1.807) is 4.90 Å². The molecular weight excluding hydrogens is 366 g/mol. The molecule has 3 rings (SSSR count). The van der Waals surface area contributed by atoms with E-state index >= 15 is 0 Å². The lowest BCUT2D eigenvalue weighted by Gasteiger charge is -2.29. The number of amides is 2. The fourth-order valence-electron chi connectivity index (χ4n) is 3.60. The Labute approximate surface area is 164 Å². The molecule has 2 aliphatic rings. The summed E-state index contributed by atoms with van der Waals surface area (Å²) >= 11 is 1.43. The monoisotopic (exact) mass is 395 g/mol. The van der Waals surface area contributed by atoms with Crippen molar-refractivity contribution >= 4 is 28.5 Å². The Bertz CT molecular complexity index is 704. The van der Waals surface area contributed by atoms with E-state index < -0.39 is 11.2 Å². The number of thiazole rings is 1. The molecule has 0 atom stereocenters. The van der Waals surface area contributed by atoms with Crippen molar-refractivity contribution in [2.45, 2.75) is 77.5 Å². The number of aromatic nitrogens is 1. The van der Waals surface area contributed by atoms with Crippen LogP contribution in [0.2, 0.25) is 0 Å². The zero-order valence-electron chi connectivity index (χ0n) is 16.6. The van der Waals surface area contributed by atoms with Crippen LogP contribution < -0.4 is 5.32 Å². The van der Waals surface area contributed by atoms with E-state index in [9.17, 15) is 9.59 Å². The van der Waals surface area contributed by atoms with Crippen molar-refractivity contribution in [3.05, 3.63) is 10.6 Å². The largest absolute Gasteiger partial charge is 0.444 e. The Morgan fingerprint density at radius 1 is 1.30 bits per heavy atom. The molecule has 2 amide bonds. The zero-order chi connectivity index (χ0) is 19.7. The van der Waals surface area contributed by atoms with Gasteiger partial charge in [0, 0.05) is 24.4 Å². The van der Waals surface area contributed by atoms with E-state index in [0.717, 1.165) is 36.3 Å². The van der Waals surface area contributed by atoms with Gasteiger partial charge in [0.2, 0.25) is 0 Å². The number of hydrogen-bond acceptors (Lipinski definition) is 6. The number of nitrogens with one attached hydrogen (secondary N) is 1. The van der Waals surface area contributed by atoms with Crippen LogP contribution in [0.15, 0.2) is 0 Å². The fourth-order valence-corrected chi connectivity index (χ4v) is 4.62. The highest BCUT2D eigenvalue weighted by atomic mass is 32.1. The molecule has 1 N–H and O–H groups in total. The minimum atomic E-state index is -0.719. The number of rotatable bonds is 4. The number of hydrogen-bond donors (Lipinski definition) is 1. The van der Waals surface area contributed by atoms with Gasteiger partial charge in [0.1, 0.15) is 11.2 Å². The van der Waals surface area contributed by atoms with Gasteiger partial charge in [0.15, 0.2) is 5.13 Å². The van der Waals surface area contributed by atoms with Gasteiger partial charge in [-0.3, -0.25) is 10.1 Å². The second kappa shape index (κ2) is 7.75. The highest BCUT2D eigenvalue weighted by Crippen LogP contribution is 2.36. The molecule has 0 radical (unpaired) electrons. The van der Waals surface area contributed by atoms with E-state index in [-0.39, 0.29) is 12.0 Å². The van der Waals surface area contributed by atoms with E-state index in [1.807, 2.05) is 27.7 Å². The summed E-state index contributed by atoms with van der Waals surface area (Å²) in [4.78, 5) is 32.4. The van der Waals surface area contributed by atoms with E-state index in [1.165, 1.54) is 11.3 Å². The minimum Gasteiger partial charge on any atom is -0.444 e. The van der Waals surface area contributed by atoms with Crippen LogP contribution in [0.3, 0.4) is 0 Å². The smallest absolute Gasteiger partial charge is 0.410 e. The number of anilines is 1. The third kappa shape index (κ3) is 4.60. The van der Waals surface area contributed by atoms with E-state index in [2.05, 4.69) is 10.3 Å². The first-order valence-electron chi connectivity index (χ1n) is 9.64. The second-order valence-electron chi connectivity index (χ2n) is 8.13. The molecule has 8 heteroatoms. The maximum atomic E-state index is 12.8. The number of nitrogens with zero attached hydrogens (tertiary/aromatic N) is 2. The molecule has 0 saturated heterocycles. The summed E-state index contributed by atoms with van der Waals surface area (Å²) in [7, 11) is 0. The normalized spacial score (nSPS) is 18.9. The highest BCUT2D eigenvalue weighted by Gasteiger charge is 2.42. The van der Waals surface area contributed by atoms with Gasteiger partial charge in [0.05, 0.1) is 12.2 Å². The topological polar surface area (TPSA) is 80.8 Å². The van der Waals surface area contributed by atoms with Crippen LogP contribution in [0.4, 0.5) is 9.93 Å². The molecule has 27 heavy (non-hydrogen) atoms. The molecular formula is C19H29N3O4S.